The number of aromatic nitrogens is 2. The van der Waals surface area contributed by atoms with Crippen molar-refractivity contribution in [2.24, 2.45) is 10.3 Å². The largest absolute Gasteiger partial charge is 0.392 e. The molecule has 28 heavy (non-hydrogen) atoms. The second kappa shape index (κ2) is 10.1. The van der Waals surface area contributed by atoms with Gasteiger partial charge in [-0.05, 0) is 56.1 Å². The summed E-state index contributed by atoms with van der Waals surface area (Å²) < 4.78 is 1.86. The lowest BCUT2D eigenvalue weighted by atomic mass is 10.1. The minimum absolute atomic E-state index is 0.0104. The summed E-state index contributed by atoms with van der Waals surface area (Å²) >= 11 is 6.61. The van der Waals surface area contributed by atoms with Gasteiger partial charge in [-0.25, -0.2) is 0 Å². The Bertz CT molecular complexity index is 772. The Balaban J connectivity index is 0.000000161. The summed E-state index contributed by atoms with van der Waals surface area (Å²) in [4.78, 5) is 18.4. The predicted molar refractivity (Wildman–Crippen MR) is 110 cm³/mol. The first kappa shape index (κ1) is 20.8. The lowest BCUT2D eigenvalue weighted by Gasteiger charge is -2.01. The van der Waals surface area contributed by atoms with Crippen LogP contribution in [-0.2, 0) is 9.68 Å². The molecule has 2 aromatic heterocycles. The van der Waals surface area contributed by atoms with Crippen LogP contribution in [0.25, 0.3) is 0 Å². The maximum atomic E-state index is 8.85. The molecular formula is C18H18Br2N4O4. The van der Waals surface area contributed by atoms with Crippen molar-refractivity contribution in [3.8, 4) is 0 Å². The molecule has 2 aliphatic rings. The van der Waals surface area contributed by atoms with Gasteiger partial charge in [0.2, 0.25) is 0 Å². The van der Waals surface area contributed by atoms with Gasteiger partial charge >= 0.3 is 0 Å². The molecule has 148 valence electrons. The second-order valence-corrected chi connectivity index (χ2v) is 7.86. The van der Waals surface area contributed by atoms with Crippen LogP contribution in [0.3, 0.4) is 0 Å². The first-order valence-electron chi connectivity index (χ1n) is 8.50. The van der Waals surface area contributed by atoms with E-state index in [1.165, 1.54) is 0 Å². The highest BCUT2D eigenvalue weighted by Crippen LogP contribution is 2.17. The van der Waals surface area contributed by atoms with Crippen molar-refractivity contribution < 1.29 is 19.9 Å². The topological polar surface area (TPSA) is 109 Å². The van der Waals surface area contributed by atoms with E-state index in [9.17, 15) is 0 Å². The molecule has 4 rings (SSSR count). The number of nitrogens with zero attached hydrogens (tertiary/aromatic N) is 4. The predicted octanol–water partition coefficient (Wildman–Crippen LogP) is 2.66. The fraction of sp³-hybridized carbons (Fsp3) is 0.333. The van der Waals surface area contributed by atoms with Gasteiger partial charge in [0.25, 0.3) is 0 Å². The third-order valence-electron chi connectivity index (χ3n) is 3.92. The molecule has 2 aromatic rings. The van der Waals surface area contributed by atoms with Crippen LogP contribution in [0.2, 0.25) is 0 Å². The number of rotatable bonds is 4. The van der Waals surface area contributed by atoms with Crippen LogP contribution in [0.5, 0.6) is 0 Å². The number of aliphatic hydroxyl groups is 2. The van der Waals surface area contributed by atoms with Crippen LogP contribution < -0.4 is 0 Å². The highest BCUT2D eigenvalue weighted by Gasteiger charge is 2.22. The van der Waals surface area contributed by atoms with Gasteiger partial charge in [-0.2, -0.15) is 0 Å². The number of oxime groups is 2. The van der Waals surface area contributed by atoms with Crippen LogP contribution in [0, 0.1) is 0 Å². The number of hydrogen-bond acceptors (Lipinski definition) is 8. The molecule has 0 aliphatic carbocycles. The Labute approximate surface area is 178 Å². The van der Waals surface area contributed by atoms with Crippen LogP contribution in [-0.4, -0.2) is 57.0 Å². The van der Waals surface area contributed by atoms with Crippen molar-refractivity contribution in [2.45, 2.75) is 25.0 Å². The zero-order valence-corrected chi connectivity index (χ0v) is 17.9. The number of pyridine rings is 2. The van der Waals surface area contributed by atoms with E-state index < -0.39 is 0 Å². The molecule has 0 aromatic carbocycles. The summed E-state index contributed by atoms with van der Waals surface area (Å²) in [5.74, 6) is 0. The van der Waals surface area contributed by atoms with Crippen LogP contribution in [0.4, 0.5) is 0 Å². The lowest BCUT2D eigenvalue weighted by Crippen LogP contribution is -2.13. The monoisotopic (exact) mass is 512 g/mol. The normalized spacial score (nSPS) is 20.4. The highest BCUT2D eigenvalue weighted by molar-refractivity contribution is 9.10. The third kappa shape index (κ3) is 5.57. The Morgan fingerprint density at radius 3 is 1.50 bits per heavy atom. The summed E-state index contributed by atoms with van der Waals surface area (Å²) in [6.45, 7) is -0.0208. The van der Waals surface area contributed by atoms with E-state index in [2.05, 4.69) is 52.1 Å². The zero-order valence-electron chi connectivity index (χ0n) is 14.7. The Kier molecular flexibility index (Phi) is 7.49. The van der Waals surface area contributed by atoms with Gasteiger partial charge in [0.05, 0.1) is 24.6 Å². The van der Waals surface area contributed by atoms with Crippen molar-refractivity contribution in [1.29, 1.82) is 0 Å². The third-order valence-corrected chi connectivity index (χ3v) is 4.86. The van der Waals surface area contributed by atoms with Gasteiger partial charge in [-0.3, -0.25) is 9.97 Å². The van der Waals surface area contributed by atoms with Crippen molar-refractivity contribution in [1.82, 2.24) is 9.97 Å². The van der Waals surface area contributed by atoms with Crippen molar-refractivity contribution in [3.05, 3.63) is 57.0 Å². The van der Waals surface area contributed by atoms with Gasteiger partial charge in [-0.1, -0.05) is 10.3 Å². The van der Waals surface area contributed by atoms with E-state index in [1.54, 1.807) is 12.4 Å². The molecule has 10 heteroatoms. The smallest absolute Gasteiger partial charge is 0.156 e. The molecule has 0 saturated carbocycles. The second-order valence-electron chi connectivity index (χ2n) is 6.03. The molecule has 2 N–H and O–H groups in total. The molecule has 0 unspecified atom stereocenters. The summed E-state index contributed by atoms with van der Waals surface area (Å²) in [7, 11) is 0. The van der Waals surface area contributed by atoms with E-state index in [0.717, 1.165) is 31.8 Å². The maximum Gasteiger partial charge on any atom is 0.156 e. The molecule has 0 fully saturated rings. The average molecular weight is 514 g/mol. The van der Waals surface area contributed by atoms with Crippen molar-refractivity contribution in [2.75, 3.05) is 13.2 Å². The molecule has 8 nitrogen and oxygen atoms in total. The van der Waals surface area contributed by atoms with Crippen LogP contribution >= 0.6 is 31.9 Å². The number of hydrogen-bond donors (Lipinski definition) is 2. The zero-order chi connectivity index (χ0) is 19.9. The molecular weight excluding hydrogens is 496 g/mol. The molecule has 0 saturated heterocycles. The van der Waals surface area contributed by atoms with E-state index in [-0.39, 0.29) is 25.4 Å². The summed E-state index contributed by atoms with van der Waals surface area (Å²) in [6.07, 6.45) is 4.23. The first-order chi connectivity index (χ1) is 13.6. The summed E-state index contributed by atoms with van der Waals surface area (Å²) in [6, 6.07) is 7.53. The number of halogens is 2. The van der Waals surface area contributed by atoms with Gasteiger partial charge < -0.3 is 19.9 Å². The van der Waals surface area contributed by atoms with E-state index in [0.29, 0.717) is 12.8 Å². The SMILES string of the molecule is OC[C@H]1CC(c2ccc(Br)cn2)=NO1.OC[C@H]1CC(c2ccc(Br)cn2)=NO1. The summed E-state index contributed by atoms with van der Waals surface area (Å²) in [5.41, 5.74) is 3.17. The minimum atomic E-state index is -0.213. The van der Waals surface area contributed by atoms with Crippen molar-refractivity contribution >= 4 is 43.3 Å². The Hall–Kier alpha value is -1.88. The van der Waals surface area contributed by atoms with Gasteiger partial charge in [0.1, 0.15) is 11.4 Å². The van der Waals surface area contributed by atoms with E-state index in [4.69, 9.17) is 19.9 Å². The van der Waals surface area contributed by atoms with Gasteiger partial charge in [0, 0.05) is 34.2 Å². The molecule has 0 spiro atoms. The first-order valence-corrected chi connectivity index (χ1v) is 10.1. The molecule has 0 bridgehead atoms. The molecule has 0 radical (unpaired) electrons. The van der Waals surface area contributed by atoms with Gasteiger partial charge in [-0.15, -0.1) is 0 Å². The van der Waals surface area contributed by atoms with Crippen LogP contribution in [0.1, 0.15) is 24.2 Å². The lowest BCUT2D eigenvalue weighted by molar-refractivity contribution is 0.0390. The fourth-order valence-electron chi connectivity index (χ4n) is 2.45. The maximum absolute atomic E-state index is 8.85. The molecule has 4 heterocycles. The average Bonchev–Trinajstić information content (AvgIpc) is 3.39. The fourth-order valence-corrected chi connectivity index (χ4v) is 2.92. The molecule has 0 amide bonds. The van der Waals surface area contributed by atoms with E-state index >= 15 is 0 Å². The minimum Gasteiger partial charge on any atom is -0.392 e. The quantitative estimate of drug-likeness (QED) is 0.650. The van der Waals surface area contributed by atoms with Gasteiger partial charge in [0.15, 0.2) is 12.2 Å². The Morgan fingerprint density at radius 2 is 1.21 bits per heavy atom. The van der Waals surface area contributed by atoms with Crippen LogP contribution in [0.15, 0.2) is 55.9 Å². The molecule has 2 atom stereocenters. The van der Waals surface area contributed by atoms with Crippen molar-refractivity contribution in [3.63, 3.8) is 0 Å². The number of aliphatic hydroxyl groups excluding tert-OH is 2. The Morgan fingerprint density at radius 1 is 0.786 bits per heavy atom. The summed E-state index contributed by atoms with van der Waals surface area (Å²) in [5, 5.41) is 25.4. The standard InChI is InChI=1S/2C9H9BrN2O2/c2*10-6-1-2-8(11-4-6)9-3-7(5-13)14-12-9/h2*1-2,4,7,13H,3,5H2/t2*7-/m11/s1. The highest BCUT2D eigenvalue weighted by atomic mass is 79.9. The molecule has 2 aliphatic heterocycles. The van der Waals surface area contributed by atoms with E-state index in [1.807, 2.05) is 24.3 Å².